The SMILES string of the molecule is CCCCCCCCCc1c(I)c(CCCCCCCCC)c(I)c(CCCCCCCCC)c1I. The maximum atomic E-state index is 2.72. The summed E-state index contributed by atoms with van der Waals surface area (Å²) >= 11 is 8.17. The highest BCUT2D eigenvalue weighted by Crippen LogP contribution is 2.35. The fourth-order valence-corrected chi connectivity index (χ4v) is 10.1. The Balaban J connectivity index is 2.78. The molecule has 0 fully saturated rings. The van der Waals surface area contributed by atoms with Crippen LogP contribution >= 0.6 is 67.8 Å². The van der Waals surface area contributed by atoms with Crippen molar-refractivity contribution in [3.05, 3.63) is 27.4 Å². The van der Waals surface area contributed by atoms with Gasteiger partial charge in [-0.15, -0.1) is 0 Å². The Labute approximate surface area is 267 Å². The van der Waals surface area contributed by atoms with Crippen LogP contribution in [0.4, 0.5) is 0 Å². The zero-order chi connectivity index (χ0) is 26.4. The van der Waals surface area contributed by atoms with Crippen LogP contribution in [0.2, 0.25) is 0 Å². The van der Waals surface area contributed by atoms with E-state index in [0.717, 1.165) is 0 Å². The molecule has 0 nitrogen and oxygen atoms in total. The lowest BCUT2D eigenvalue weighted by Gasteiger charge is -2.20. The number of rotatable bonds is 24. The fourth-order valence-electron chi connectivity index (χ4n) is 5.27. The molecule has 0 aliphatic carbocycles. The van der Waals surface area contributed by atoms with E-state index < -0.39 is 0 Å². The van der Waals surface area contributed by atoms with Gasteiger partial charge >= 0.3 is 0 Å². The predicted octanol–water partition coefficient (Wildman–Crippen LogP) is 13.4. The van der Waals surface area contributed by atoms with Gasteiger partial charge in [0.1, 0.15) is 0 Å². The first-order valence-corrected chi connectivity index (χ1v) is 19.0. The zero-order valence-electron chi connectivity index (χ0n) is 24.1. The lowest BCUT2D eigenvalue weighted by molar-refractivity contribution is 0.583. The molecule has 0 radical (unpaired) electrons. The van der Waals surface area contributed by atoms with Crippen molar-refractivity contribution in [3.63, 3.8) is 0 Å². The van der Waals surface area contributed by atoms with Crippen LogP contribution in [-0.2, 0) is 19.3 Å². The number of benzene rings is 1. The van der Waals surface area contributed by atoms with Crippen LogP contribution in [0.3, 0.4) is 0 Å². The molecule has 210 valence electrons. The Bertz CT molecular complexity index is 556. The summed E-state index contributed by atoms with van der Waals surface area (Å²) in [7, 11) is 0. The molecular formula is C33H57I3. The summed E-state index contributed by atoms with van der Waals surface area (Å²) in [6.07, 6.45) is 33.3. The van der Waals surface area contributed by atoms with E-state index in [4.69, 9.17) is 0 Å². The Morgan fingerprint density at radius 2 is 0.500 bits per heavy atom. The Kier molecular flexibility index (Phi) is 23.8. The van der Waals surface area contributed by atoms with Crippen molar-refractivity contribution in [2.45, 2.75) is 175 Å². The summed E-state index contributed by atoms with van der Waals surface area (Å²) in [5, 5.41) is 0. The second kappa shape index (κ2) is 24.2. The van der Waals surface area contributed by atoms with Gasteiger partial charge in [-0.1, -0.05) is 136 Å². The number of hydrogen-bond donors (Lipinski definition) is 0. The summed E-state index contributed by atoms with van der Waals surface area (Å²) in [5.41, 5.74) is 5.09. The molecule has 0 spiro atoms. The van der Waals surface area contributed by atoms with Crippen molar-refractivity contribution in [1.29, 1.82) is 0 Å². The van der Waals surface area contributed by atoms with Gasteiger partial charge in [0.2, 0.25) is 0 Å². The van der Waals surface area contributed by atoms with Crippen molar-refractivity contribution in [1.82, 2.24) is 0 Å². The molecule has 0 saturated carbocycles. The first kappa shape index (κ1) is 35.4. The molecule has 0 saturated heterocycles. The molecule has 0 amide bonds. The van der Waals surface area contributed by atoms with Crippen LogP contribution in [0.25, 0.3) is 0 Å². The molecule has 0 N–H and O–H groups in total. The number of hydrogen-bond acceptors (Lipinski definition) is 0. The molecule has 3 heteroatoms. The van der Waals surface area contributed by atoms with Crippen LogP contribution in [0.5, 0.6) is 0 Å². The molecule has 0 heterocycles. The van der Waals surface area contributed by atoms with Crippen molar-refractivity contribution < 1.29 is 0 Å². The smallest absolute Gasteiger partial charge is 0.0215 e. The fraction of sp³-hybridized carbons (Fsp3) is 0.818. The summed E-state index contributed by atoms with van der Waals surface area (Å²) < 4.78 is 4.84. The van der Waals surface area contributed by atoms with Crippen LogP contribution in [0.15, 0.2) is 0 Å². The number of halogens is 3. The van der Waals surface area contributed by atoms with Crippen molar-refractivity contribution in [2.24, 2.45) is 0 Å². The molecular weight excluding hydrogens is 777 g/mol. The predicted molar refractivity (Wildman–Crippen MR) is 190 cm³/mol. The van der Waals surface area contributed by atoms with E-state index in [1.54, 1.807) is 27.4 Å². The van der Waals surface area contributed by atoms with Crippen molar-refractivity contribution >= 4 is 67.8 Å². The quantitative estimate of drug-likeness (QED) is 0.0719. The van der Waals surface area contributed by atoms with Crippen LogP contribution in [0.1, 0.15) is 172 Å². The maximum Gasteiger partial charge on any atom is 0.0215 e. The van der Waals surface area contributed by atoms with Gasteiger partial charge in [-0.2, -0.15) is 0 Å². The molecule has 0 bridgehead atoms. The van der Waals surface area contributed by atoms with Gasteiger partial charge in [0.15, 0.2) is 0 Å². The lowest BCUT2D eigenvalue weighted by atomic mass is 9.95. The van der Waals surface area contributed by atoms with Gasteiger partial charge in [-0.25, -0.2) is 0 Å². The highest BCUT2D eigenvalue weighted by molar-refractivity contribution is 14.1. The average molecular weight is 835 g/mol. The highest BCUT2D eigenvalue weighted by atomic mass is 127. The van der Waals surface area contributed by atoms with E-state index in [0.29, 0.717) is 0 Å². The first-order valence-electron chi connectivity index (χ1n) is 15.7. The molecule has 1 aromatic rings. The number of unbranched alkanes of at least 4 members (excludes halogenated alkanes) is 18. The Morgan fingerprint density at radius 1 is 0.306 bits per heavy atom. The summed E-state index contributed by atoms with van der Waals surface area (Å²) in [5.74, 6) is 0. The van der Waals surface area contributed by atoms with E-state index in [1.165, 1.54) is 154 Å². The normalized spacial score (nSPS) is 11.5. The summed E-state index contributed by atoms with van der Waals surface area (Å²) in [6, 6.07) is 0. The van der Waals surface area contributed by atoms with Gasteiger partial charge in [0, 0.05) is 10.7 Å². The molecule has 1 rings (SSSR count). The topological polar surface area (TPSA) is 0 Å². The molecule has 0 aliphatic heterocycles. The third kappa shape index (κ3) is 15.3. The third-order valence-electron chi connectivity index (χ3n) is 7.68. The Morgan fingerprint density at radius 3 is 0.722 bits per heavy atom. The molecule has 1 aromatic carbocycles. The summed E-state index contributed by atoms with van der Waals surface area (Å²) in [4.78, 5) is 0. The Hall–Kier alpha value is 1.41. The molecule has 0 aromatic heterocycles. The zero-order valence-corrected chi connectivity index (χ0v) is 30.6. The summed E-state index contributed by atoms with van der Waals surface area (Å²) in [6.45, 7) is 6.94. The lowest BCUT2D eigenvalue weighted by Crippen LogP contribution is -2.09. The molecule has 36 heavy (non-hydrogen) atoms. The third-order valence-corrected chi connectivity index (χ3v) is 11.6. The monoisotopic (exact) mass is 834 g/mol. The highest BCUT2D eigenvalue weighted by Gasteiger charge is 2.19. The van der Waals surface area contributed by atoms with E-state index in [9.17, 15) is 0 Å². The van der Waals surface area contributed by atoms with E-state index in [1.807, 2.05) is 0 Å². The second-order valence-electron chi connectivity index (χ2n) is 11.0. The van der Waals surface area contributed by atoms with Crippen LogP contribution in [-0.4, -0.2) is 0 Å². The van der Waals surface area contributed by atoms with Crippen molar-refractivity contribution in [2.75, 3.05) is 0 Å². The average Bonchev–Trinajstić information content (AvgIpc) is 2.87. The van der Waals surface area contributed by atoms with Gasteiger partial charge in [0.05, 0.1) is 0 Å². The van der Waals surface area contributed by atoms with Gasteiger partial charge < -0.3 is 0 Å². The second-order valence-corrected chi connectivity index (χ2v) is 14.2. The molecule has 0 aliphatic rings. The molecule has 0 atom stereocenters. The van der Waals surface area contributed by atoms with Gasteiger partial charge in [-0.05, 0) is 123 Å². The van der Waals surface area contributed by atoms with E-state index >= 15 is 0 Å². The van der Waals surface area contributed by atoms with Gasteiger partial charge in [-0.3, -0.25) is 0 Å². The van der Waals surface area contributed by atoms with Crippen LogP contribution in [0, 0.1) is 10.7 Å². The van der Waals surface area contributed by atoms with Crippen LogP contribution < -0.4 is 0 Å². The van der Waals surface area contributed by atoms with E-state index in [2.05, 4.69) is 88.5 Å². The maximum absolute atomic E-state index is 2.72. The largest absolute Gasteiger partial charge is 0.0654 e. The van der Waals surface area contributed by atoms with Crippen molar-refractivity contribution in [3.8, 4) is 0 Å². The van der Waals surface area contributed by atoms with Gasteiger partial charge in [0.25, 0.3) is 0 Å². The standard InChI is InChI=1S/C33H57I3/c1-4-7-10-13-16-19-22-25-28-31(34)29(26-23-20-17-14-11-8-5-2)33(36)30(32(28)35)27-24-21-18-15-12-9-6-3/h4-27H2,1-3H3. The minimum Gasteiger partial charge on any atom is -0.0654 e. The van der Waals surface area contributed by atoms with E-state index in [-0.39, 0.29) is 0 Å². The molecule has 0 unspecified atom stereocenters. The first-order chi connectivity index (χ1) is 17.6. The minimum absolute atomic E-state index is 1.29. The minimum atomic E-state index is 1.29.